The predicted molar refractivity (Wildman–Crippen MR) is 72.5 cm³/mol. The fourth-order valence-corrected chi connectivity index (χ4v) is 2.56. The van der Waals surface area contributed by atoms with Crippen molar-refractivity contribution in [2.45, 2.75) is 26.9 Å². The van der Waals surface area contributed by atoms with Gasteiger partial charge >= 0.3 is 0 Å². The average molecular weight is 264 g/mol. The molecule has 0 unspecified atom stereocenters. The van der Waals surface area contributed by atoms with E-state index in [0.29, 0.717) is 24.5 Å². The Labute approximate surface area is 110 Å². The number of thiophene rings is 1. The van der Waals surface area contributed by atoms with Gasteiger partial charge in [-0.3, -0.25) is 9.48 Å². The van der Waals surface area contributed by atoms with Gasteiger partial charge in [-0.1, -0.05) is 0 Å². The van der Waals surface area contributed by atoms with Crippen LogP contribution >= 0.6 is 11.3 Å². The molecule has 0 aliphatic carbocycles. The summed E-state index contributed by atoms with van der Waals surface area (Å²) in [6.45, 7) is 5.10. The third-order valence-corrected chi connectivity index (χ3v) is 3.78. The first-order chi connectivity index (χ1) is 8.63. The Morgan fingerprint density at radius 3 is 3.00 bits per heavy atom. The number of carbonyl (C=O) groups is 1. The molecule has 2 aromatic heterocycles. The number of nitrogens with zero attached hydrogens (tertiary/aromatic N) is 2. The zero-order valence-corrected chi connectivity index (χ0v) is 11.3. The molecule has 2 heterocycles. The molecular formula is C12H16N4OS. The van der Waals surface area contributed by atoms with Crippen LogP contribution in [0, 0.1) is 6.92 Å². The summed E-state index contributed by atoms with van der Waals surface area (Å²) < 4.78 is 1.60. The van der Waals surface area contributed by atoms with Crippen LogP contribution in [0.25, 0.3) is 0 Å². The molecule has 5 nitrogen and oxygen atoms in total. The molecule has 0 saturated carbocycles. The van der Waals surface area contributed by atoms with Gasteiger partial charge < -0.3 is 11.1 Å². The first-order valence-electron chi connectivity index (χ1n) is 5.76. The third-order valence-electron chi connectivity index (χ3n) is 2.76. The quantitative estimate of drug-likeness (QED) is 0.884. The topological polar surface area (TPSA) is 72.9 Å². The molecule has 0 aliphatic rings. The molecule has 18 heavy (non-hydrogen) atoms. The summed E-state index contributed by atoms with van der Waals surface area (Å²) in [5, 5.41) is 8.94. The number of carbonyl (C=O) groups excluding carboxylic acids is 1. The van der Waals surface area contributed by atoms with Crippen molar-refractivity contribution in [1.29, 1.82) is 0 Å². The lowest BCUT2D eigenvalue weighted by molar-refractivity contribution is 0.0941. The summed E-state index contributed by atoms with van der Waals surface area (Å²) in [6, 6.07) is 2.04. The van der Waals surface area contributed by atoms with E-state index in [1.54, 1.807) is 16.0 Å². The minimum absolute atomic E-state index is 0.181. The van der Waals surface area contributed by atoms with Gasteiger partial charge in [0.25, 0.3) is 5.91 Å². The zero-order valence-electron chi connectivity index (χ0n) is 10.4. The van der Waals surface area contributed by atoms with Gasteiger partial charge in [-0.15, -0.1) is 11.3 Å². The molecule has 0 aromatic carbocycles. The van der Waals surface area contributed by atoms with Crippen LogP contribution in [0.3, 0.4) is 0 Å². The number of hydrogen-bond acceptors (Lipinski definition) is 4. The Balaban J connectivity index is 2.08. The molecule has 0 bridgehead atoms. The van der Waals surface area contributed by atoms with Gasteiger partial charge in [-0.25, -0.2) is 0 Å². The van der Waals surface area contributed by atoms with Gasteiger partial charge in [-0.05, 0) is 30.9 Å². The molecular weight excluding hydrogens is 248 g/mol. The van der Waals surface area contributed by atoms with Crippen molar-refractivity contribution in [2.75, 3.05) is 5.73 Å². The smallest absolute Gasteiger partial charge is 0.271 e. The molecule has 0 saturated heterocycles. The molecule has 0 spiro atoms. The number of hydrogen-bond donors (Lipinski definition) is 2. The Kier molecular flexibility index (Phi) is 3.66. The summed E-state index contributed by atoms with van der Waals surface area (Å²) in [4.78, 5) is 13.2. The number of nitrogens with two attached hydrogens (primary N) is 1. The second-order valence-corrected chi connectivity index (χ2v) is 4.97. The number of nitrogens with one attached hydrogen (secondary N) is 1. The van der Waals surface area contributed by atoms with Crippen LogP contribution in [0.5, 0.6) is 0 Å². The first-order valence-corrected chi connectivity index (χ1v) is 6.64. The fourth-order valence-electron chi connectivity index (χ4n) is 1.72. The van der Waals surface area contributed by atoms with Crippen molar-refractivity contribution >= 4 is 22.9 Å². The van der Waals surface area contributed by atoms with Crippen molar-refractivity contribution in [1.82, 2.24) is 15.1 Å². The van der Waals surface area contributed by atoms with E-state index in [1.165, 1.54) is 11.8 Å². The van der Waals surface area contributed by atoms with Gasteiger partial charge in [0.1, 0.15) is 5.69 Å². The lowest BCUT2D eigenvalue weighted by Gasteiger charge is -2.07. The Bertz CT molecular complexity index is 558. The van der Waals surface area contributed by atoms with Crippen LogP contribution in [0.1, 0.15) is 27.9 Å². The first kappa shape index (κ1) is 12.6. The maximum Gasteiger partial charge on any atom is 0.271 e. The summed E-state index contributed by atoms with van der Waals surface area (Å²) in [5.41, 5.74) is 7.80. The van der Waals surface area contributed by atoms with Crippen molar-refractivity contribution < 1.29 is 4.79 Å². The average Bonchev–Trinajstić information content (AvgIpc) is 2.92. The maximum atomic E-state index is 12.1. The summed E-state index contributed by atoms with van der Waals surface area (Å²) in [6.07, 6.45) is 1.51. The molecule has 96 valence electrons. The van der Waals surface area contributed by atoms with E-state index in [-0.39, 0.29) is 5.91 Å². The van der Waals surface area contributed by atoms with E-state index in [2.05, 4.69) is 10.4 Å². The Morgan fingerprint density at radius 1 is 1.61 bits per heavy atom. The monoisotopic (exact) mass is 264 g/mol. The van der Waals surface area contributed by atoms with Gasteiger partial charge in [-0.2, -0.15) is 5.10 Å². The highest BCUT2D eigenvalue weighted by atomic mass is 32.1. The van der Waals surface area contributed by atoms with Crippen LogP contribution in [0.15, 0.2) is 17.6 Å². The fraction of sp³-hybridized carbons (Fsp3) is 0.333. The van der Waals surface area contributed by atoms with E-state index in [4.69, 9.17) is 5.73 Å². The van der Waals surface area contributed by atoms with E-state index in [0.717, 1.165) is 4.88 Å². The minimum Gasteiger partial charge on any atom is -0.396 e. The maximum absolute atomic E-state index is 12.1. The molecule has 0 atom stereocenters. The zero-order chi connectivity index (χ0) is 13.1. The van der Waals surface area contributed by atoms with Crippen molar-refractivity contribution in [3.8, 4) is 0 Å². The van der Waals surface area contributed by atoms with Crippen LogP contribution in [0.4, 0.5) is 5.69 Å². The highest BCUT2D eigenvalue weighted by Gasteiger charge is 2.16. The van der Waals surface area contributed by atoms with Crippen molar-refractivity contribution in [2.24, 2.45) is 0 Å². The van der Waals surface area contributed by atoms with Crippen molar-refractivity contribution in [3.63, 3.8) is 0 Å². The number of amides is 1. The van der Waals surface area contributed by atoms with Crippen LogP contribution in [-0.4, -0.2) is 15.7 Å². The predicted octanol–water partition coefficient (Wildman–Crippen LogP) is 1.79. The molecule has 3 N–H and O–H groups in total. The van der Waals surface area contributed by atoms with E-state index in [9.17, 15) is 4.79 Å². The lowest BCUT2D eigenvalue weighted by Crippen LogP contribution is -2.26. The minimum atomic E-state index is -0.181. The highest BCUT2D eigenvalue weighted by molar-refractivity contribution is 7.10. The summed E-state index contributed by atoms with van der Waals surface area (Å²) in [7, 11) is 0. The van der Waals surface area contributed by atoms with Gasteiger partial charge in [0.05, 0.1) is 18.4 Å². The Morgan fingerprint density at radius 2 is 2.39 bits per heavy atom. The molecule has 1 amide bonds. The molecule has 0 fully saturated rings. The number of anilines is 1. The molecule has 6 heteroatoms. The molecule has 2 aromatic rings. The number of aryl methyl sites for hydroxylation is 2. The van der Waals surface area contributed by atoms with Crippen molar-refractivity contribution in [3.05, 3.63) is 33.8 Å². The van der Waals surface area contributed by atoms with E-state index < -0.39 is 0 Å². The van der Waals surface area contributed by atoms with Crippen LogP contribution in [-0.2, 0) is 13.1 Å². The number of nitrogen functional groups attached to an aromatic ring is 1. The molecule has 0 radical (unpaired) electrons. The van der Waals surface area contributed by atoms with Gasteiger partial charge in [0.15, 0.2) is 0 Å². The number of aromatic nitrogens is 2. The second-order valence-electron chi connectivity index (χ2n) is 3.97. The standard InChI is InChI=1S/C12H16N4OS/c1-3-16-11(9(13)6-15-16)12(17)14-7-10-8(2)4-5-18-10/h4-6H,3,7,13H2,1-2H3,(H,14,17). The molecule has 0 aliphatic heterocycles. The summed E-state index contributed by atoms with van der Waals surface area (Å²) in [5.74, 6) is -0.181. The second kappa shape index (κ2) is 5.22. The van der Waals surface area contributed by atoms with Crippen LogP contribution in [0.2, 0.25) is 0 Å². The lowest BCUT2D eigenvalue weighted by atomic mass is 10.3. The Hall–Kier alpha value is -1.82. The normalized spacial score (nSPS) is 10.6. The number of rotatable bonds is 4. The molecule has 2 rings (SSSR count). The third kappa shape index (κ3) is 2.38. The highest BCUT2D eigenvalue weighted by Crippen LogP contribution is 2.16. The SMILES string of the molecule is CCn1ncc(N)c1C(=O)NCc1sccc1C. The van der Waals surface area contributed by atoms with Gasteiger partial charge in [0, 0.05) is 11.4 Å². The largest absolute Gasteiger partial charge is 0.396 e. The van der Waals surface area contributed by atoms with Crippen LogP contribution < -0.4 is 11.1 Å². The van der Waals surface area contributed by atoms with E-state index >= 15 is 0 Å². The van der Waals surface area contributed by atoms with E-state index in [1.807, 2.05) is 25.3 Å². The summed E-state index contributed by atoms with van der Waals surface area (Å²) >= 11 is 1.63. The van der Waals surface area contributed by atoms with Gasteiger partial charge in [0.2, 0.25) is 0 Å².